The minimum absolute atomic E-state index is 0.0748. The molecule has 1 heterocycles. The fourth-order valence-electron chi connectivity index (χ4n) is 2.38. The number of nitrogens with zero attached hydrogens (tertiary/aromatic N) is 1. The van der Waals surface area contributed by atoms with Crippen LogP contribution < -0.4 is 0 Å². The van der Waals surface area contributed by atoms with E-state index in [2.05, 4.69) is 0 Å². The number of carbonyl (C=O) groups is 1. The Kier molecular flexibility index (Phi) is 2.37. The van der Waals surface area contributed by atoms with Crippen LogP contribution in [0, 0.1) is 11.8 Å². The molecule has 1 aromatic carbocycles. The Morgan fingerprint density at radius 1 is 1.19 bits per heavy atom. The van der Waals surface area contributed by atoms with Crippen molar-refractivity contribution in [2.24, 2.45) is 11.8 Å². The third-order valence-corrected chi connectivity index (χ3v) is 4.17. The Balaban J connectivity index is 1.80. The first-order valence-electron chi connectivity index (χ1n) is 5.39. The van der Waals surface area contributed by atoms with E-state index in [1.807, 2.05) is 4.90 Å². The summed E-state index contributed by atoms with van der Waals surface area (Å²) in [5, 5.41) is 0.930. The van der Waals surface area contributed by atoms with Crippen molar-refractivity contribution in [1.29, 1.82) is 0 Å². The van der Waals surface area contributed by atoms with Crippen LogP contribution in [0.5, 0.6) is 0 Å². The van der Waals surface area contributed by atoms with E-state index in [0.29, 0.717) is 15.6 Å². The zero-order chi connectivity index (χ0) is 11.3. The zero-order valence-corrected chi connectivity index (χ0v) is 10.1. The molecule has 2 fully saturated rings. The van der Waals surface area contributed by atoms with Crippen LogP contribution in [0.1, 0.15) is 16.8 Å². The van der Waals surface area contributed by atoms with Crippen LogP contribution in [0.15, 0.2) is 18.2 Å². The fourth-order valence-corrected chi connectivity index (χ4v) is 2.67. The summed E-state index contributed by atoms with van der Waals surface area (Å²) in [6.45, 7) is 1.81. The summed E-state index contributed by atoms with van der Waals surface area (Å²) in [5.74, 6) is 1.59. The van der Waals surface area contributed by atoms with Crippen molar-refractivity contribution < 1.29 is 4.79 Å². The van der Waals surface area contributed by atoms with E-state index in [1.54, 1.807) is 18.2 Å². The van der Waals surface area contributed by atoms with Gasteiger partial charge >= 0.3 is 0 Å². The number of rotatable bonds is 1. The first-order valence-corrected chi connectivity index (χ1v) is 6.15. The number of likely N-dealkylation sites (tertiary alicyclic amines) is 1. The monoisotopic (exact) mass is 255 g/mol. The van der Waals surface area contributed by atoms with Crippen molar-refractivity contribution >= 4 is 29.1 Å². The molecule has 2 unspecified atom stereocenters. The van der Waals surface area contributed by atoms with Gasteiger partial charge in [0.2, 0.25) is 0 Å². The van der Waals surface area contributed by atoms with Crippen molar-refractivity contribution in [3.63, 3.8) is 0 Å². The van der Waals surface area contributed by atoms with Gasteiger partial charge in [0, 0.05) is 18.7 Å². The van der Waals surface area contributed by atoms with Gasteiger partial charge < -0.3 is 4.90 Å². The molecule has 16 heavy (non-hydrogen) atoms. The van der Waals surface area contributed by atoms with Crippen LogP contribution in [-0.2, 0) is 0 Å². The number of fused-ring (bicyclic) bond motifs is 1. The van der Waals surface area contributed by atoms with Gasteiger partial charge in [-0.2, -0.15) is 0 Å². The first-order chi connectivity index (χ1) is 7.65. The molecule has 2 atom stereocenters. The second-order valence-electron chi connectivity index (χ2n) is 4.59. The quantitative estimate of drug-likeness (QED) is 0.756. The third kappa shape index (κ3) is 1.70. The first kappa shape index (κ1) is 10.4. The predicted molar refractivity (Wildman–Crippen MR) is 64.0 cm³/mol. The molecule has 1 amide bonds. The Labute approximate surface area is 104 Å². The van der Waals surface area contributed by atoms with Gasteiger partial charge in [-0.05, 0) is 36.5 Å². The Hall–Kier alpha value is -0.730. The summed E-state index contributed by atoms with van der Waals surface area (Å²) in [5.41, 5.74) is 0.635. The summed E-state index contributed by atoms with van der Waals surface area (Å²) in [4.78, 5) is 14.0. The van der Waals surface area contributed by atoms with Gasteiger partial charge in [-0.3, -0.25) is 4.79 Å². The van der Waals surface area contributed by atoms with Crippen LogP contribution >= 0.6 is 23.2 Å². The summed E-state index contributed by atoms with van der Waals surface area (Å²) < 4.78 is 0. The van der Waals surface area contributed by atoms with E-state index in [1.165, 1.54) is 6.42 Å². The molecular formula is C12H11Cl2NO. The molecule has 2 aliphatic rings. The van der Waals surface area contributed by atoms with Gasteiger partial charge in [-0.1, -0.05) is 23.2 Å². The normalized spacial score (nSPS) is 26.8. The van der Waals surface area contributed by atoms with E-state index in [9.17, 15) is 4.79 Å². The number of piperidine rings is 1. The van der Waals surface area contributed by atoms with Crippen molar-refractivity contribution in [3.05, 3.63) is 33.8 Å². The second kappa shape index (κ2) is 3.64. The van der Waals surface area contributed by atoms with Gasteiger partial charge in [0.05, 0.1) is 10.0 Å². The molecule has 1 saturated carbocycles. The summed E-state index contributed by atoms with van der Waals surface area (Å²) in [6.07, 6.45) is 1.30. The topological polar surface area (TPSA) is 20.3 Å². The number of halogens is 2. The van der Waals surface area contributed by atoms with E-state index in [0.717, 1.165) is 24.9 Å². The van der Waals surface area contributed by atoms with E-state index in [4.69, 9.17) is 23.2 Å². The highest BCUT2D eigenvalue weighted by Crippen LogP contribution is 2.45. The van der Waals surface area contributed by atoms with E-state index in [-0.39, 0.29) is 5.91 Å². The number of hydrogen-bond acceptors (Lipinski definition) is 1. The number of carbonyl (C=O) groups excluding carboxylic acids is 1. The lowest BCUT2D eigenvalue weighted by molar-refractivity contribution is 0.0775. The molecule has 0 bridgehead atoms. The molecule has 0 aromatic heterocycles. The zero-order valence-electron chi connectivity index (χ0n) is 8.62. The van der Waals surface area contributed by atoms with Gasteiger partial charge in [0.25, 0.3) is 5.91 Å². The van der Waals surface area contributed by atoms with Gasteiger partial charge in [0.15, 0.2) is 0 Å². The van der Waals surface area contributed by atoms with Crippen molar-refractivity contribution in [2.75, 3.05) is 13.1 Å². The average Bonchev–Trinajstić information content (AvgIpc) is 2.89. The molecule has 4 heteroatoms. The van der Waals surface area contributed by atoms with E-state index >= 15 is 0 Å². The van der Waals surface area contributed by atoms with Crippen molar-refractivity contribution in [2.45, 2.75) is 6.42 Å². The lowest BCUT2D eigenvalue weighted by Gasteiger charge is -2.18. The minimum Gasteiger partial charge on any atom is -0.338 e. The number of benzene rings is 1. The van der Waals surface area contributed by atoms with Crippen LogP contribution in [0.25, 0.3) is 0 Å². The van der Waals surface area contributed by atoms with Crippen molar-refractivity contribution in [3.8, 4) is 0 Å². The van der Waals surface area contributed by atoms with Crippen LogP contribution in [0.4, 0.5) is 0 Å². The van der Waals surface area contributed by atoms with Gasteiger partial charge in [-0.25, -0.2) is 0 Å². The molecule has 84 valence electrons. The Morgan fingerprint density at radius 3 is 2.50 bits per heavy atom. The molecule has 0 N–H and O–H groups in total. The third-order valence-electron chi connectivity index (χ3n) is 3.43. The van der Waals surface area contributed by atoms with Gasteiger partial charge in [-0.15, -0.1) is 0 Å². The smallest absolute Gasteiger partial charge is 0.253 e. The maximum absolute atomic E-state index is 12.1. The van der Waals surface area contributed by atoms with E-state index < -0.39 is 0 Å². The maximum atomic E-state index is 12.1. The second-order valence-corrected chi connectivity index (χ2v) is 5.41. The molecule has 1 aromatic rings. The molecule has 2 nitrogen and oxygen atoms in total. The van der Waals surface area contributed by atoms with Crippen LogP contribution in [0.3, 0.4) is 0 Å². The molecule has 1 aliphatic carbocycles. The highest BCUT2D eigenvalue weighted by atomic mass is 35.5. The lowest BCUT2D eigenvalue weighted by Crippen LogP contribution is -2.30. The van der Waals surface area contributed by atoms with Crippen molar-refractivity contribution in [1.82, 2.24) is 4.90 Å². The SMILES string of the molecule is O=C(c1ccc(Cl)c(Cl)c1)N1CC2CC2C1. The molecule has 1 aliphatic heterocycles. The largest absolute Gasteiger partial charge is 0.338 e. The Morgan fingerprint density at radius 2 is 1.88 bits per heavy atom. The molecule has 3 rings (SSSR count). The average molecular weight is 256 g/mol. The molecular weight excluding hydrogens is 245 g/mol. The summed E-state index contributed by atoms with van der Waals surface area (Å²) in [6, 6.07) is 5.06. The molecule has 0 radical (unpaired) electrons. The standard InChI is InChI=1S/C12H11Cl2NO/c13-10-2-1-7(4-11(10)14)12(16)15-5-8-3-9(8)6-15/h1-2,4,8-9H,3,5-6H2. The maximum Gasteiger partial charge on any atom is 0.253 e. The summed E-state index contributed by atoms with van der Waals surface area (Å²) >= 11 is 11.7. The Bertz CT molecular complexity index is 450. The minimum atomic E-state index is 0.0748. The van der Waals surface area contributed by atoms with Gasteiger partial charge in [0.1, 0.15) is 0 Å². The highest BCUT2D eigenvalue weighted by Gasteiger charge is 2.46. The number of amides is 1. The fraction of sp³-hybridized carbons (Fsp3) is 0.417. The van der Waals surface area contributed by atoms with Crippen LogP contribution in [-0.4, -0.2) is 23.9 Å². The molecule has 1 saturated heterocycles. The predicted octanol–water partition coefficient (Wildman–Crippen LogP) is 3.09. The lowest BCUT2D eigenvalue weighted by atomic mass is 10.2. The van der Waals surface area contributed by atoms with Crippen LogP contribution in [0.2, 0.25) is 10.0 Å². The highest BCUT2D eigenvalue weighted by molar-refractivity contribution is 6.42. The summed E-state index contributed by atoms with van der Waals surface area (Å²) in [7, 11) is 0. The number of hydrogen-bond donors (Lipinski definition) is 0. The molecule has 0 spiro atoms.